The standard InChI is InChI=1S/C27H33N7O2/c1-4-28-27(35)29-20-7-5-19(6-8-20)25-30-24-21-11-12-33(14-13-32(2)3)23(21)10-9-22(24)26(31-25)34-15-17-36-18-16-34/h5-12H,4,13-18H2,1-3H3,(H2,28,29,35). The van der Waals surface area contributed by atoms with Crippen LogP contribution in [0.1, 0.15) is 6.92 Å². The van der Waals surface area contributed by atoms with Crippen molar-refractivity contribution in [1.82, 2.24) is 24.8 Å². The molecule has 1 aliphatic heterocycles. The van der Waals surface area contributed by atoms with Gasteiger partial charge in [-0.2, -0.15) is 0 Å². The van der Waals surface area contributed by atoms with Crippen molar-refractivity contribution in [2.24, 2.45) is 0 Å². The van der Waals surface area contributed by atoms with Crippen LogP contribution in [-0.2, 0) is 11.3 Å². The lowest BCUT2D eigenvalue weighted by atomic mass is 10.1. The molecule has 9 heteroatoms. The van der Waals surface area contributed by atoms with Gasteiger partial charge >= 0.3 is 6.03 Å². The molecule has 0 aliphatic carbocycles. The summed E-state index contributed by atoms with van der Waals surface area (Å²) in [5, 5.41) is 7.76. The molecule has 0 spiro atoms. The van der Waals surface area contributed by atoms with Crippen LogP contribution >= 0.6 is 0 Å². The van der Waals surface area contributed by atoms with Crippen LogP contribution in [0.25, 0.3) is 33.2 Å². The average Bonchev–Trinajstić information content (AvgIpc) is 3.31. The first-order valence-electron chi connectivity index (χ1n) is 12.5. The SMILES string of the molecule is CCNC(=O)Nc1ccc(-c2nc(N3CCOCC3)c3ccc4c(ccn4CCN(C)C)c3n2)cc1. The second-order valence-electron chi connectivity index (χ2n) is 9.24. The van der Waals surface area contributed by atoms with Gasteiger partial charge in [0.05, 0.1) is 24.2 Å². The Labute approximate surface area is 211 Å². The lowest BCUT2D eigenvalue weighted by Gasteiger charge is -2.29. The number of likely N-dealkylation sites (N-methyl/N-ethyl adjacent to an activating group) is 1. The van der Waals surface area contributed by atoms with Crippen molar-refractivity contribution in [3.05, 3.63) is 48.7 Å². The van der Waals surface area contributed by atoms with Crippen LogP contribution < -0.4 is 15.5 Å². The lowest BCUT2D eigenvalue weighted by molar-refractivity contribution is 0.122. The molecule has 1 saturated heterocycles. The van der Waals surface area contributed by atoms with Gasteiger partial charge in [-0.05, 0) is 63.5 Å². The first-order chi connectivity index (χ1) is 17.5. The van der Waals surface area contributed by atoms with E-state index in [0.717, 1.165) is 59.5 Å². The highest BCUT2D eigenvalue weighted by atomic mass is 16.5. The molecule has 3 heterocycles. The maximum atomic E-state index is 11.9. The van der Waals surface area contributed by atoms with Gasteiger partial charge in [-0.1, -0.05) is 0 Å². The number of benzene rings is 2. The zero-order valence-corrected chi connectivity index (χ0v) is 21.1. The number of nitrogens with zero attached hydrogens (tertiary/aromatic N) is 5. The largest absolute Gasteiger partial charge is 0.378 e. The van der Waals surface area contributed by atoms with Crippen LogP contribution in [0.4, 0.5) is 16.3 Å². The Morgan fingerprint density at radius 1 is 1.03 bits per heavy atom. The van der Waals surface area contributed by atoms with E-state index in [-0.39, 0.29) is 6.03 Å². The molecule has 2 aromatic heterocycles. The summed E-state index contributed by atoms with van der Waals surface area (Å²) in [5.74, 6) is 1.60. The molecular formula is C27H33N7O2. The van der Waals surface area contributed by atoms with E-state index in [1.54, 1.807) is 0 Å². The van der Waals surface area contributed by atoms with Gasteiger partial charge in [-0.3, -0.25) is 0 Å². The average molecular weight is 488 g/mol. The molecule has 0 saturated carbocycles. The molecule has 0 bridgehead atoms. The molecule has 2 amide bonds. The number of hydrogen-bond acceptors (Lipinski definition) is 6. The lowest BCUT2D eigenvalue weighted by Crippen LogP contribution is -2.37. The molecule has 1 aliphatic rings. The number of morpholine rings is 1. The maximum absolute atomic E-state index is 11.9. The number of nitrogens with one attached hydrogen (secondary N) is 2. The number of rotatable bonds is 7. The monoisotopic (exact) mass is 487 g/mol. The minimum atomic E-state index is -0.219. The Balaban J connectivity index is 1.58. The number of urea groups is 1. The van der Waals surface area contributed by atoms with Gasteiger partial charge in [-0.15, -0.1) is 0 Å². The van der Waals surface area contributed by atoms with Crippen LogP contribution in [0, 0.1) is 0 Å². The van der Waals surface area contributed by atoms with Crippen molar-refractivity contribution in [2.75, 3.05) is 63.7 Å². The summed E-state index contributed by atoms with van der Waals surface area (Å²) in [6.07, 6.45) is 2.14. The van der Waals surface area contributed by atoms with Crippen LogP contribution in [0.2, 0.25) is 0 Å². The summed E-state index contributed by atoms with van der Waals surface area (Å²) in [7, 11) is 4.18. The van der Waals surface area contributed by atoms with Gasteiger partial charge in [0.2, 0.25) is 0 Å². The summed E-state index contributed by atoms with van der Waals surface area (Å²) in [6, 6.07) is 13.9. The topological polar surface area (TPSA) is 87.6 Å². The fourth-order valence-corrected chi connectivity index (χ4v) is 4.54. The predicted molar refractivity (Wildman–Crippen MR) is 145 cm³/mol. The van der Waals surface area contributed by atoms with Gasteiger partial charge in [0, 0.05) is 60.9 Å². The number of amides is 2. The second-order valence-corrected chi connectivity index (χ2v) is 9.24. The Bertz CT molecular complexity index is 1360. The molecular weight excluding hydrogens is 454 g/mol. The maximum Gasteiger partial charge on any atom is 0.319 e. The van der Waals surface area contributed by atoms with Crippen molar-refractivity contribution in [3.63, 3.8) is 0 Å². The van der Waals surface area contributed by atoms with Crippen molar-refractivity contribution in [2.45, 2.75) is 13.5 Å². The molecule has 9 nitrogen and oxygen atoms in total. The Morgan fingerprint density at radius 2 is 1.81 bits per heavy atom. The zero-order chi connectivity index (χ0) is 25.1. The molecule has 0 unspecified atom stereocenters. The van der Waals surface area contributed by atoms with Crippen LogP contribution in [0.15, 0.2) is 48.7 Å². The quantitative estimate of drug-likeness (QED) is 0.412. The summed E-state index contributed by atoms with van der Waals surface area (Å²) in [4.78, 5) is 26.5. The van der Waals surface area contributed by atoms with E-state index in [1.807, 2.05) is 31.2 Å². The predicted octanol–water partition coefficient (Wildman–Crippen LogP) is 3.79. The summed E-state index contributed by atoms with van der Waals surface area (Å²) in [6.45, 7) is 7.30. The molecule has 1 fully saturated rings. The summed E-state index contributed by atoms with van der Waals surface area (Å²) >= 11 is 0. The normalized spacial score (nSPS) is 14.1. The van der Waals surface area contributed by atoms with Crippen molar-refractivity contribution in [1.29, 1.82) is 0 Å². The highest BCUT2D eigenvalue weighted by molar-refractivity contribution is 6.08. The highest BCUT2D eigenvalue weighted by Crippen LogP contribution is 2.33. The molecule has 2 N–H and O–H groups in total. The Hall–Kier alpha value is -3.69. The molecule has 2 aromatic carbocycles. The third-order valence-corrected chi connectivity index (χ3v) is 6.43. The smallest absolute Gasteiger partial charge is 0.319 e. The van der Waals surface area contributed by atoms with Gasteiger partial charge in [-0.25, -0.2) is 14.8 Å². The van der Waals surface area contributed by atoms with Crippen molar-refractivity contribution < 1.29 is 9.53 Å². The van der Waals surface area contributed by atoms with Crippen molar-refractivity contribution >= 4 is 39.3 Å². The Morgan fingerprint density at radius 3 is 2.53 bits per heavy atom. The third kappa shape index (κ3) is 4.98. The first kappa shape index (κ1) is 24.0. The molecule has 188 valence electrons. The number of hydrogen-bond donors (Lipinski definition) is 2. The van der Waals surface area contributed by atoms with Crippen LogP contribution in [-0.4, -0.2) is 79.0 Å². The fraction of sp³-hybridized carbons (Fsp3) is 0.370. The molecule has 0 radical (unpaired) electrons. The Kier molecular flexibility index (Phi) is 7.02. The number of anilines is 2. The second kappa shape index (κ2) is 10.5. The van der Waals surface area contributed by atoms with Gasteiger partial charge in [0.1, 0.15) is 5.82 Å². The van der Waals surface area contributed by atoms with E-state index in [2.05, 4.69) is 63.5 Å². The number of carbonyl (C=O) groups is 1. The molecule has 36 heavy (non-hydrogen) atoms. The van der Waals surface area contributed by atoms with Gasteiger partial charge < -0.3 is 29.7 Å². The first-order valence-corrected chi connectivity index (χ1v) is 12.5. The van der Waals surface area contributed by atoms with E-state index in [4.69, 9.17) is 14.7 Å². The summed E-state index contributed by atoms with van der Waals surface area (Å²) in [5.41, 5.74) is 3.74. The summed E-state index contributed by atoms with van der Waals surface area (Å²) < 4.78 is 7.88. The van der Waals surface area contributed by atoms with E-state index >= 15 is 0 Å². The third-order valence-electron chi connectivity index (χ3n) is 6.43. The minimum absolute atomic E-state index is 0.219. The van der Waals surface area contributed by atoms with Crippen LogP contribution in [0.5, 0.6) is 0 Å². The van der Waals surface area contributed by atoms with E-state index < -0.39 is 0 Å². The van der Waals surface area contributed by atoms with Crippen molar-refractivity contribution in [3.8, 4) is 11.4 Å². The molecule has 5 rings (SSSR count). The number of ether oxygens (including phenoxy) is 1. The van der Waals surface area contributed by atoms with E-state index in [0.29, 0.717) is 25.6 Å². The van der Waals surface area contributed by atoms with Gasteiger partial charge in [0.25, 0.3) is 0 Å². The number of aromatic nitrogens is 3. The number of fused-ring (bicyclic) bond motifs is 3. The van der Waals surface area contributed by atoms with Crippen LogP contribution in [0.3, 0.4) is 0 Å². The van der Waals surface area contributed by atoms with E-state index in [9.17, 15) is 4.79 Å². The highest BCUT2D eigenvalue weighted by Gasteiger charge is 2.20. The minimum Gasteiger partial charge on any atom is -0.378 e. The fourth-order valence-electron chi connectivity index (χ4n) is 4.54. The number of carbonyl (C=O) groups excluding carboxylic acids is 1. The molecule has 4 aromatic rings. The zero-order valence-electron chi connectivity index (χ0n) is 21.1. The molecule has 0 atom stereocenters. The van der Waals surface area contributed by atoms with E-state index in [1.165, 1.54) is 5.52 Å². The van der Waals surface area contributed by atoms with Gasteiger partial charge in [0.15, 0.2) is 5.82 Å².